The average Bonchev–Trinajstić information content (AvgIpc) is 3.18. The SMILES string of the molecule is CC1(NS(=O)(=O)c2cc(N3CCC(C(F)(F)F)CC3)c3ncc(-c4nnc(C(F)F)s4)n3c2)CC1. The largest absolute Gasteiger partial charge is 0.391 e. The van der Waals surface area contributed by atoms with Crippen LogP contribution in [0, 0.1) is 5.92 Å². The first-order chi connectivity index (χ1) is 16.4. The summed E-state index contributed by atoms with van der Waals surface area (Å²) in [5, 5.41) is 6.90. The summed E-state index contributed by atoms with van der Waals surface area (Å²) in [5.74, 6) is -1.43. The van der Waals surface area contributed by atoms with E-state index in [2.05, 4.69) is 19.9 Å². The van der Waals surface area contributed by atoms with Crippen molar-refractivity contribution in [2.45, 2.75) is 55.6 Å². The van der Waals surface area contributed by atoms with Gasteiger partial charge in [0.1, 0.15) is 10.6 Å². The standard InChI is InChI=1S/C20H21F5N6O2S2/c1-19(4-5-19)29-35(32,33)12-8-13(30-6-2-11(3-7-30)20(23,24)25)16-26-9-14(31(16)10-12)17-27-28-18(34-17)15(21)22/h8-11,15,29H,2-7H2,1H3. The molecule has 1 N–H and O–H groups in total. The van der Waals surface area contributed by atoms with Crippen molar-refractivity contribution in [3.8, 4) is 10.7 Å². The Morgan fingerprint density at radius 1 is 1.20 bits per heavy atom. The molecule has 0 spiro atoms. The van der Waals surface area contributed by atoms with Crippen LogP contribution in [-0.2, 0) is 10.0 Å². The van der Waals surface area contributed by atoms with Crippen LogP contribution in [0.2, 0.25) is 0 Å². The van der Waals surface area contributed by atoms with Gasteiger partial charge in [0.15, 0.2) is 15.7 Å². The third-order valence-electron chi connectivity index (χ3n) is 6.40. The molecule has 1 saturated carbocycles. The number of alkyl halides is 5. The summed E-state index contributed by atoms with van der Waals surface area (Å²) in [4.78, 5) is 5.91. The molecule has 1 saturated heterocycles. The van der Waals surface area contributed by atoms with Crippen molar-refractivity contribution in [3.05, 3.63) is 23.5 Å². The molecule has 35 heavy (non-hydrogen) atoms. The van der Waals surface area contributed by atoms with E-state index in [1.54, 1.807) is 11.8 Å². The van der Waals surface area contributed by atoms with Gasteiger partial charge in [-0.25, -0.2) is 26.9 Å². The lowest BCUT2D eigenvalue weighted by Crippen LogP contribution is -2.39. The Morgan fingerprint density at radius 2 is 1.89 bits per heavy atom. The molecule has 1 aliphatic carbocycles. The first-order valence-electron chi connectivity index (χ1n) is 10.8. The fraction of sp³-hybridized carbons (Fsp3) is 0.550. The zero-order chi connectivity index (χ0) is 25.2. The van der Waals surface area contributed by atoms with Gasteiger partial charge in [-0.2, -0.15) is 13.2 Å². The van der Waals surface area contributed by atoms with E-state index in [4.69, 9.17) is 0 Å². The summed E-state index contributed by atoms with van der Waals surface area (Å²) in [6.07, 6.45) is -3.32. The number of halogens is 5. The Balaban J connectivity index is 1.59. The van der Waals surface area contributed by atoms with E-state index in [1.165, 1.54) is 22.9 Å². The van der Waals surface area contributed by atoms with Gasteiger partial charge >= 0.3 is 6.18 Å². The van der Waals surface area contributed by atoms with Crippen molar-refractivity contribution in [1.82, 2.24) is 24.3 Å². The van der Waals surface area contributed by atoms with Gasteiger partial charge in [-0.15, -0.1) is 10.2 Å². The van der Waals surface area contributed by atoms with Crippen molar-refractivity contribution < 1.29 is 30.4 Å². The molecule has 3 aromatic heterocycles. The van der Waals surface area contributed by atoms with Crippen LogP contribution in [0.5, 0.6) is 0 Å². The predicted octanol–water partition coefficient (Wildman–Crippen LogP) is 4.40. The zero-order valence-electron chi connectivity index (χ0n) is 18.4. The first-order valence-corrected chi connectivity index (χ1v) is 13.1. The van der Waals surface area contributed by atoms with Gasteiger partial charge in [-0.1, -0.05) is 11.3 Å². The van der Waals surface area contributed by atoms with Gasteiger partial charge in [0, 0.05) is 24.8 Å². The van der Waals surface area contributed by atoms with E-state index >= 15 is 0 Å². The number of pyridine rings is 1. The third kappa shape index (κ3) is 4.72. The van der Waals surface area contributed by atoms with Gasteiger partial charge in [0.2, 0.25) is 10.0 Å². The van der Waals surface area contributed by atoms with E-state index in [1.807, 2.05) is 0 Å². The molecular weight excluding hydrogens is 515 g/mol. The van der Waals surface area contributed by atoms with Crippen LogP contribution in [0.15, 0.2) is 23.4 Å². The lowest BCUT2D eigenvalue weighted by atomic mass is 9.96. The molecule has 0 amide bonds. The summed E-state index contributed by atoms with van der Waals surface area (Å²) >= 11 is 0.655. The number of aromatic nitrogens is 4. The molecule has 0 aromatic carbocycles. The lowest BCUT2D eigenvalue weighted by molar-refractivity contribution is -0.179. The van der Waals surface area contributed by atoms with Gasteiger partial charge in [-0.3, -0.25) is 4.40 Å². The molecule has 0 unspecified atom stereocenters. The minimum absolute atomic E-state index is 0.0605. The van der Waals surface area contributed by atoms with Crippen LogP contribution in [0.4, 0.5) is 27.6 Å². The number of sulfonamides is 1. The smallest absolute Gasteiger partial charge is 0.368 e. The summed E-state index contributed by atoms with van der Waals surface area (Å²) in [6.45, 7) is 1.90. The Bertz CT molecular complexity index is 1360. The van der Waals surface area contributed by atoms with Crippen molar-refractivity contribution in [1.29, 1.82) is 0 Å². The molecule has 3 aromatic rings. The number of fused-ring (bicyclic) bond motifs is 1. The van der Waals surface area contributed by atoms with Crippen LogP contribution < -0.4 is 9.62 Å². The van der Waals surface area contributed by atoms with Gasteiger partial charge in [-0.05, 0) is 38.7 Å². The maximum absolute atomic E-state index is 13.2. The lowest BCUT2D eigenvalue weighted by Gasteiger charge is -2.34. The molecule has 190 valence electrons. The van der Waals surface area contributed by atoms with E-state index in [9.17, 15) is 30.4 Å². The molecular formula is C20H21F5N6O2S2. The topological polar surface area (TPSA) is 92.5 Å². The quantitative estimate of drug-likeness (QED) is 0.470. The molecule has 2 fully saturated rings. The van der Waals surface area contributed by atoms with Crippen LogP contribution >= 0.6 is 11.3 Å². The minimum atomic E-state index is -4.29. The van der Waals surface area contributed by atoms with Crippen molar-refractivity contribution >= 4 is 32.7 Å². The fourth-order valence-corrected chi connectivity index (χ4v) is 6.32. The summed E-state index contributed by atoms with van der Waals surface area (Å²) in [6, 6.07) is 1.40. The van der Waals surface area contributed by atoms with E-state index in [0.29, 0.717) is 29.9 Å². The number of hydrogen-bond donors (Lipinski definition) is 1. The number of anilines is 1. The minimum Gasteiger partial charge on any atom is -0.368 e. The highest BCUT2D eigenvalue weighted by atomic mass is 32.2. The second-order valence-electron chi connectivity index (χ2n) is 9.11. The number of hydrogen-bond acceptors (Lipinski definition) is 7. The van der Waals surface area contributed by atoms with Crippen LogP contribution in [-0.4, -0.2) is 52.8 Å². The van der Waals surface area contributed by atoms with Gasteiger partial charge < -0.3 is 4.90 Å². The predicted molar refractivity (Wildman–Crippen MR) is 118 cm³/mol. The second kappa shape index (κ2) is 8.34. The normalized spacial score (nSPS) is 19.1. The Hall–Kier alpha value is -2.39. The van der Waals surface area contributed by atoms with E-state index in [0.717, 1.165) is 0 Å². The highest BCUT2D eigenvalue weighted by Gasteiger charge is 2.43. The molecule has 2 aliphatic rings. The molecule has 5 rings (SSSR count). The number of piperidine rings is 1. The molecule has 15 heteroatoms. The molecule has 4 heterocycles. The maximum Gasteiger partial charge on any atom is 0.391 e. The Labute approximate surface area is 201 Å². The van der Waals surface area contributed by atoms with Gasteiger partial charge in [0.05, 0.1) is 17.8 Å². The van der Waals surface area contributed by atoms with Crippen LogP contribution in [0.1, 0.15) is 44.0 Å². The highest BCUT2D eigenvalue weighted by molar-refractivity contribution is 7.89. The molecule has 0 atom stereocenters. The van der Waals surface area contributed by atoms with Crippen LogP contribution in [0.25, 0.3) is 16.3 Å². The van der Waals surface area contributed by atoms with Crippen molar-refractivity contribution in [2.75, 3.05) is 18.0 Å². The second-order valence-corrected chi connectivity index (χ2v) is 11.8. The summed E-state index contributed by atoms with van der Waals surface area (Å²) in [7, 11) is -3.99. The van der Waals surface area contributed by atoms with Crippen molar-refractivity contribution in [2.24, 2.45) is 5.92 Å². The highest BCUT2D eigenvalue weighted by Crippen LogP contribution is 2.39. The van der Waals surface area contributed by atoms with Gasteiger partial charge in [0.25, 0.3) is 6.43 Å². The fourth-order valence-electron chi connectivity index (χ4n) is 4.13. The number of imidazole rings is 1. The van der Waals surface area contributed by atoms with E-state index in [-0.39, 0.29) is 47.2 Å². The number of rotatable bonds is 6. The maximum atomic E-state index is 13.2. The molecule has 8 nitrogen and oxygen atoms in total. The third-order valence-corrected chi connectivity index (χ3v) is 8.96. The van der Waals surface area contributed by atoms with Crippen molar-refractivity contribution in [3.63, 3.8) is 0 Å². The monoisotopic (exact) mass is 536 g/mol. The summed E-state index contributed by atoms with van der Waals surface area (Å²) < 4.78 is 96.1. The Morgan fingerprint density at radius 3 is 2.46 bits per heavy atom. The Kier molecular flexibility index (Phi) is 5.79. The first kappa shape index (κ1) is 24.3. The zero-order valence-corrected chi connectivity index (χ0v) is 20.0. The molecule has 0 radical (unpaired) electrons. The average molecular weight is 537 g/mol. The number of nitrogens with one attached hydrogen (secondary N) is 1. The van der Waals surface area contributed by atoms with Crippen LogP contribution in [0.3, 0.4) is 0 Å². The van der Waals surface area contributed by atoms with E-state index < -0.39 is 39.1 Å². The molecule has 1 aliphatic heterocycles. The summed E-state index contributed by atoms with van der Waals surface area (Å²) in [5.41, 5.74) is 0.336. The molecule has 0 bridgehead atoms. The number of nitrogens with zero attached hydrogens (tertiary/aromatic N) is 5.